The summed E-state index contributed by atoms with van der Waals surface area (Å²) in [6.07, 6.45) is 4.19. The van der Waals surface area contributed by atoms with Gasteiger partial charge in [-0.3, -0.25) is 4.21 Å². The van der Waals surface area contributed by atoms with Gasteiger partial charge in [-0.25, -0.2) is 4.99 Å². The van der Waals surface area contributed by atoms with Crippen LogP contribution in [0.5, 0.6) is 5.75 Å². The third-order valence-electron chi connectivity index (χ3n) is 4.55. The van der Waals surface area contributed by atoms with Crippen LogP contribution in [0.15, 0.2) is 46.3 Å². The van der Waals surface area contributed by atoms with Gasteiger partial charge < -0.3 is 9.47 Å². The minimum Gasteiger partial charge on any atom is -0.494 e. The van der Waals surface area contributed by atoms with Crippen molar-refractivity contribution in [3.05, 3.63) is 52.0 Å². The molecule has 150 valence electrons. The van der Waals surface area contributed by atoms with Crippen LogP contribution in [0.2, 0.25) is 10.0 Å². The van der Waals surface area contributed by atoms with E-state index in [-0.39, 0.29) is 0 Å². The van der Waals surface area contributed by atoms with Crippen LogP contribution in [-0.4, -0.2) is 23.0 Å². The lowest BCUT2D eigenvalue weighted by molar-refractivity contribution is 0.0998. The van der Waals surface area contributed by atoms with E-state index in [1.807, 2.05) is 32.0 Å². The number of ether oxygens (including phenoxy) is 2. The summed E-state index contributed by atoms with van der Waals surface area (Å²) in [4.78, 5) is 4.97. The molecule has 1 atom stereocenters. The van der Waals surface area contributed by atoms with Crippen LogP contribution in [0.25, 0.3) is 0 Å². The zero-order chi connectivity index (χ0) is 20.1. The van der Waals surface area contributed by atoms with E-state index in [0.29, 0.717) is 27.3 Å². The molecule has 0 spiro atoms. The monoisotopic (exact) mass is 439 g/mol. The number of nitrogens with zero attached hydrogens (tertiary/aromatic N) is 1. The molecular formula is C21H23Cl2NO3S. The summed E-state index contributed by atoms with van der Waals surface area (Å²) in [5, 5.41) is 0.911. The fraction of sp³-hybridized carbons (Fsp3) is 0.381. The molecule has 0 amide bonds. The normalized spacial score (nSPS) is 15.6. The molecule has 28 heavy (non-hydrogen) atoms. The van der Waals surface area contributed by atoms with Gasteiger partial charge in [0.2, 0.25) is 0 Å². The summed E-state index contributed by atoms with van der Waals surface area (Å²) in [7, 11) is -1.06. The summed E-state index contributed by atoms with van der Waals surface area (Å²) in [5.74, 6) is 1.41. The van der Waals surface area contributed by atoms with Gasteiger partial charge >= 0.3 is 0 Å². The van der Waals surface area contributed by atoms with E-state index in [9.17, 15) is 4.21 Å². The van der Waals surface area contributed by atoms with Crippen LogP contribution < -0.4 is 4.74 Å². The molecule has 0 saturated heterocycles. The third kappa shape index (κ3) is 5.28. The number of rotatable bonds is 8. The number of unbranched alkanes of at least 4 members (excludes halogenated alkanes) is 2. The van der Waals surface area contributed by atoms with Crippen molar-refractivity contribution >= 4 is 46.1 Å². The first-order valence-corrected chi connectivity index (χ1v) is 11.3. The highest BCUT2D eigenvalue weighted by Gasteiger charge is 2.27. The Morgan fingerprint density at radius 3 is 2.68 bits per heavy atom. The second-order valence-corrected chi connectivity index (χ2v) is 9.46. The largest absolute Gasteiger partial charge is 0.494 e. The smallest absolute Gasteiger partial charge is 0.175 e. The van der Waals surface area contributed by atoms with Crippen LogP contribution in [0.1, 0.15) is 38.7 Å². The van der Waals surface area contributed by atoms with Crippen LogP contribution in [0.4, 0.5) is 5.69 Å². The molecule has 2 aromatic rings. The highest BCUT2D eigenvalue weighted by molar-refractivity contribution is 7.85. The quantitative estimate of drug-likeness (QED) is 0.454. The Labute approximate surface area is 178 Å². The van der Waals surface area contributed by atoms with Gasteiger partial charge in [-0.2, -0.15) is 0 Å². The van der Waals surface area contributed by atoms with Gasteiger partial charge in [0.15, 0.2) is 6.40 Å². The van der Waals surface area contributed by atoms with E-state index >= 15 is 0 Å². The molecule has 1 heterocycles. The van der Waals surface area contributed by atoms with Gasteiger partial charge in [0, 0.05) is 16.2 Å². The Bertz CT molecular complexity index is 899. The van der Waals surface area contributed by atoms with Crippen LogP contribution >= 0.6 is 23.2 Å². The van der Waals surface area contributed by atoms with E-state index in [4.69, 9.17) is 32.7 Å². The minimum atomic E-state index is -1.06. The molecule has 3 rings (SSSR count). The summed E-state index contributed by atoms with van der Waals surface area (Å²) in [6.45, 7) is 4.63. The molecule has 1 unspecified atom stereocenters. The molecule has 0 N–H and O–H groups in total. The first-order chi connectivity index (χ1) is 13.4. The maximum atomic E-state index is 12.3. The molecule has 1 aliphatic rings. The van der Waals surface area contributed by atoms with Gasteiger partial charge in [-0.1, -0.05) is 23.2 Å². The predicted molar refractivity (Wildman–Crippen MR) is 116 cm³/mol. The number of benzene rings is 2. The highest BCUT2D eigenvalue weighted by Crippen LogP contribution is 2.37. The van der Waals surface area contributed by atoms with Gasteiger partial charge in [-0.05, 0) is 69.5 Å². The average Bonchev–Trinajstić information content (AvgIpc) is 2.66. The number of halogens is 2. The van der Waals surface area contributed by atoms with Gasteiger partial charge in [-0.15, -0.1) is 0 Å². The van der Waals surface area contributed by atoms with E-state index in [0.717, 1.165) is 36.3 Å². The van der Waals surface area contributed by atoms with Crippen molar-refractivity contribution in [1.82, 2.24) is 0 Å². The number of aliphatic imine (C=N–C) groups is 1. The lowest BCUT2D eigenvalue weighted by Crippen LogP contribution is -2.23. The Hall–Kier alpha value is -1.56. The van der Waals surface area contributed by atoms with E-state index in [1.165, 1.54) is 6.40 Å². The molecule has 0 saturated carbocycles. The zero-order valence-electron chi connectivity index (χ0n) is 15.9. The highest BCUT2D eigenvalue weighted by atomic mass is 35.5. The maximum absolute atomic E-state index is 12.3. The topological polar surface area (TPSA) is 47.9 Å². The maximum Gasteiger partial charge on any atom is 0.175 e. The Morgan fingerprint density at radius 2 is 1.89 bits per heavy atom. The van der Waals surface area contributed by atoms with Crippen molar-refractivity contribution in [2.45, 2.75) is 43.6 Å². The second kappa shape index (κ2) is 9.29. The van der Waals surface area contributed by atoms with Crippen molar-refractivity contribution in [2.24, 2.45) is 4.99 Å². The van der Waals surface area contributed by atoms with Crippen molar-refractivity contribution in [3.8, 4) is 5.75 Å². The van der Waals surface area contributed by atoms with Crippen molar-refractivity contribution in [1.29, 1.82) is 0 Å². The molecule has 0 aliphatic carbocycles. The van der Waals surface area contributed by atoms with Gasteiger partial charge in [0.1, 0.15) is 11.4 Å². The van der Waals surface area contributed by atoms with E-state index in [2.05, 4.69) is 4.99 Å². The Kier molecular flexibility index (Phi) is 7.02. The standard InChI is InChI=1S/C21H23Cl2NO3S/c1-21(2)17-12-15(6-9-20(17)24-14-27-21)26-10-4-3-5-11-28(25)16-7-8-18(22)19(23)13-16/h6-9,12-14H,3-5,10-11H2,1-2H3. The number of hydrogen-bond donors (Lipinski definition) is 0. The molecule has 2 aromatic carbocycles. The summed E-state index contributed by atoms with van der Waals surface area (Å²) in [6, 6.07) is 11.0. The van der Waals surface area contributed by atoms with Crippen molar-refractivity contribution in [3.63, 3.8) is 0 Å². The van der Waals surface area contributed by atoms with Crippen LogP contribution in [-0.2, 0) is 21.1 Å². The first-order valence-electron chi connectivity index (χ1n) is 9.18. The molecule has 0 radical (unpaired) electrons. The summed E-state index contributed by atoms with van der Waals surface area (Å²) < 4.78 is 23.8. The van der Waals surface area contributed by atoms with Crippen LogP contribution in [0, 0.1) is 0 Å². The molecule has 4 nitrogen and oxygen atoms in total. The number of fused-ring (bicyclic) bond motifs is 1. The third-order valence-corrected chi connectivity index (χ3v) is 6.73. The van der Waals surface area contributed by atoms with E-state index < -0.39 is 16.4 Å². The lowest BCUT2D eigenvalue weighted by atomic mass is 9.95. The fourth-order valence-electron chi connectivity index (χ4n) is 2.92. The van der Waals surface area contributed by atoms with E-state index in [1.54, 1.807) is 18.2 Å². The van der Waals surface area contributed by atoms with Crippen LogP contribution in [0.3, 0.4) is 0 Å². The predicted octanol–water partition coefficient (Wildman–Crippen LogP) is 6.28. The molecule has 0 fully saturated rings. The number of hydrogen-bond acceptors (Lipinski definition) is 4. The van der Waals surface area contributed by atoms with Crippen molar-refractivity contribution < 1.29 is 13.7 Å². The van der Waals surface area contributed by atoms with Crippen molar-refractivity contribution in [2.75, 3.05) is 12.4 Å². The minimum absolute atomic E-state index is 0.412. The molecule has 0 aromatic heterocycles. The Morgan fingerprint density at radius 1 is 1.07 bits per heavy atom. The summed E-state index contributed by atoms with van der Waals surface area (Å²) >= 11 is 11.9. The fourth-order valence-corrected chi connectivity index (χ4v) is 4.45. The summed E-state index contributed by atoms with van der Waals surface area (Å²) in [5.41, 5.74) is 1.52. The molecule has 0 bridgehead atoms. The molecule has 7 heteroatoms. The lowest BCUT2D eigenvalue weighted by Gasteiger charge is -2.29. The first kappa shape index (κ1) is 21.2. The second-order valence-electron chi connectivity index (χ2n) is 7.08. The molecular weight excluding hydrogens is 417 g/mol. The Balaban J connectivity index is 1.41. The van der Waals surface area contributed by atoms with Gasteiger partial charge in [0.25, 0.3) is 0 Å². The zero-order valence-corrected chi connectivity index (χ0v) is 18.2. The average molecular weight is 440 g/mol. The van der Waals surface area contributed by atoms with Gasteiger partial charge in [0.05, 0.1) is 33.1 Å². The molecule has 1 aliphatic heterocycles. The SMILES string of the molecule is CC1(C)OC=Nc2ccc(OCCCCCS(=O)c3ccc(Cl)c(Cl)c3)cc21.